The highest BCUT2D eigenvalue weighted by atomic mass is 16.5. The number of nitriles is 1. The summed E-state index contributed by atoms with van der Waals surface area (Å²) in [7, 11) is 3.59. The number of hydrogen-bond donors (Lipinski definition) is 0. The fourth-order valence-corrected chi connectivity index (χ4v) is 2.29. The minimum atomic E-state index is 0.632. The largest absolute Gasteiger partial charge is 0.497 e. The molecule has 3 nitrogen and oxygen atoms in total. The van der Waals surface area contributed by atoms with E-state index in [0.29, 0.717) is 5.56 Å². The lowest BCUT2D eigenvalue weighted by Crippen LogP contribution is -2.11. The molecule has 0 heterocycles. The van der Waals surface area contributed by atoms with Crippen molar-refractivity contribution in [2.45, 2.75) is 13.8 Å². The number of rotatable bonds is 3. The van der Waals surface area contributed by atoms with Gasteiger partial charge >= 0.3 is 0 Å². The van der Waals surface area contributed by atoms with Gasteiger partial charge in [-0.2, -0.15) is 5.26 Å². The van der Waals surface area contributed by atoms with Crippen LogP contribution in [-0.4, -0.2) is 14.2 Å². The molecule has 20 heavy (non-hydrogen) atoms. The molecule has 0 N–H and O–H groups in total. The Morgan fingerprint density at radius 2 is 1.70 bits per heavy atom. The van der Waals surface area contributed by atoms with Crippen molar-refractivity contribution in [1.82, 2.24) is 0 Å². The van der Waals surface area contributed by atoms with Crippen molar-refractivity contribution in [3.8, 4) is 11.8 Å². The van der Waals surface area contributed by atoms with Gasteiger partial charge in [0.2, 0.25) is 0 Å². The van der Waals surface area contributed by atoms with Crippen molar-refractivity contribution in [2.24, 2.45) is 0 Å². The molecule has 2 aromatic rings. The van der Waals surface area contributed by atoms with E-state index < -0.39 is 0 Å². The van der Waals surface area contributed by atoms with Crippen molar-refractivity contribution < 1.29 is 4.74 Å². The van der Waals surface area contributed by atoms with Crippen LogP contribution in [0.15, 0.2) is 36.4 Å². The zero-order chi connectivity index (χ0) is 14.7. The summed E-state index contributed by atoms with van der Waals surface area (Å²) < 4.78 is 5.25. The maximum Gasteiger partial charge on any atom is 0.121 e. The quantitative estimate of drug-likeness (QED) is 0.844. The molecule has 0 unspecified atom stereocenters. The van der Waals surface area contributed by atoms with Crippen LogP contribution in [0.3, 0.4) is 0 Å². The van der Waals surface area contributed by atoms with E-state index in [1.165, 1.54) is 11.1 Å². The summed E-state index contributed by atoms with van der Waals surface area (Å²) in [6.07, 6.45) is 0. The molecular weight excluding hydrogens is 248 g/mol. The zero-order valence-electron chi connectivity index (χ0n) is 12.3. The van der Waals surface area contributed by atoms with Gasteiger partial charge in [-0.15, -0.1) is 0 Å². The second kappa shape index (κ2) is 5.66. The van der Waals surface area contributed by atoms with Crippen LogP contribution >= 0.6 is 0 Å². The second-order valence-corrected chi connectivity index (χ2v) is 4.90. The number of methoxy groups -OCH3 is 1. The summed E-state index contributed by atoms with van der Waals surface area (Å²) in [6.45, 7) is 4.14. The van der Waals surface area contributed by atoms with Gasteiger partial charge in [0.1, 0.15) is 11.8 Å². The number of nitrogens with zero attached hydrogens (tertiary/aromatic N) is 2. The molecule has 0 spiro atoms. The normalized spacial score (nSPS) is 9.95. The van der Waals surface area contributed by atoms with Crippen molar-refractivity contribution >= 4 is 11.4 Å². The van der Waals surface area contributed by atoms with Gasteiger partial charge in [0.25, 0.3) is 0 Å². The molecular formula is C17H18N2O. The van der Waals surface area contributed by atoms with Gasteiger partial charge in [0, 0.05) is 18.8 Å². The van der Waals surface area contributed by atoms with Crippen molar-refractivity contribution in [2.75, 3.05) is 19.1 Å². The van der Waals surface area contributed by atoms with E-state index in [1.807, 2.05) is 18.0 Å². The van der Waals surface area contributed by atoms with E-state index >= 15 is 0 Å². The Hall–Kier alpha value is -2.47. The van der Waals surface area contributed by atoms with Gasteiger partial charge in [0.15, 0.2) is 0 Å². The zero-order valence-corrected chi connectivity index (χ0v) is 12.3. The molecule has 0 bridgehead atoms. The molecule has 0 saturated carbocycles. The van der Waals surface area contributed by atoms with Crippen LogP contribution in [0.1, 0.15) is 16.7 Å². The molecule has 2 rings (SSSR count). The Balaban J connectivity index is 2.52. The maximum atomic E-state index is 9.27. The molecule has 0 radical (unpaired) electrons. The highest BCUT2D eigenvalue weighted by Crippen LogP contribution is 2.31. The lowest BCUT2D eigenvalue weighted by atomic mass is 10.1. The Bertz CT molecular complexity index is 651. The number of aryl methyl sites for hydroxylation is 2. The summed E-state index contributed by atoms with van der Waals surface area (Å²) >= 11 is 0. The third kappa shape index (κ3) is 2.75. The molecule has 2 aromatic carbocycles. The molecule has 0 aromatic heterocycles. The number of anilines is 2. The Morgan fingerprint density at radius 1 is 1.05 bits per heavy atom. The summed E-state index contributed by atoms with van der Waals surface area (Å²) in [5.74, 6) is 0.746. The smallest absolute Gasteiger partial charge is 0.121 e. The van der Waals surface area contributed by atoms with E-state index in [1.54, 1.807) is 19.2 Å². The first-order valence-electron chi connectivity index (χ1n) is 6.45. The van der Waals surface area contributed by atoms with Gasteiger partial charge < -0.3 is 9.64 Å². The molecule has 0 aliphatic rings. The van der Waals surface area contributed by atoms with Gasteiger partial charge in [-0.1, -0.05) is 6.07 Å². The summed E-state index contributed by atoms with van der Waals surface area (Å²) in [5, 5.41) is 9.27. The van der Waals surface area contributed by atoms with Crippen LogP contribution in [0, 0.1) is 25.2 Å². The molecule has 0 aliphatic carbocycles. The fraction of sp³-hybridized carbons (Fsp3) is 0.235. The molecule has 3 heteroatoms. The van der Waals surface area contributed by atoms with Crippen molar-refractivity contribution in [3.63, 3.8) is 0 Å². The molecule has 0 aliphatic heterocycles. The predicted molar refractivity (Wildman–Crippen MR) is 81.7 cm³/mol. The number of ether oxygens (including phenoxy) is 1. The number of hydrogen-bond acceptors (Lipinski definition) is 3. The molecule has 0 amide bonds. The average Bonchev–Trinajstić information content (AvgIpc) is 2.44. The molecule has 0 fully saturated rings. The molecule has 102 valence electrons. The molecule has 0 saturated heterocycles. The molecule has 0 atom stereocenters. The van der Waals surface area contributed by atoms with E-state index in [-0.39, 0.29) is 0 Å². The van der Waals surface area contributed by atoms with Gasteiger partial charge in [0.05, 0.1) is 18.4 Å². The van der Waals surface area contributed by atoms with Crippen LogP contribution in [0.25, 0.3) is 0 Å². The van der Waals surface area contributed by atoms with Crippen molar-refractivity contribution in [3.05, 3.63) is 53.1 Å². The van der Waals surface area contributed by atoms with Gasteiger partial charge in [-0.3, -0.25) is 0 Å². The third-order valence-corrected chi connectivity index (χ3v) is 3.28. The summed E-state index contributed by atoms with van der Waals surface area (Å²) in [5.41, 5.74) is 4.94. The topological polar surface area (TPSA) is 36.3 Å². The van der Waals surface area contributed by atoms with E-state index in [9.17, 15) is 5.26 Å². The third-order valence-electron chi connectivity index (χ3n) is 3.28. The van der Waals surface area contributed by atoms with Crippen LogP contribution in [-0.2, 0) is 0 Å². The monoisotopic (exact) mass is 266 g/mol. The predicted octanol–water partition coefficient (Wildman–Crippen LogP) is 3.95. The Morgan fingerprint density at radius 3 is 2.25 bits per heavy atom. The summed E-state index contributed by atoms with van der Waals surface area (Å²) in [6, 6.07) is 14.0. The first-order chi connectivity index (χ1) is 9.55. The SMILES string of the molecule is COc1ccc(C#N)c(N(C)c2cc(C)cc(C)c2)c1. The first kappa shape index (κ1) is 14.0. The van der Waals surface area contributed by atoms with Crippen molar-refractivity contribution in [1.29, 1.82) is 5.26 Å². The first-order valence-corrected chi connectivity index (χ1v) is 6.45. The van der Waals surface area contributed by atoms with E-state index in [2.05, 4.69) is 38.1 Å². The minimum absolute atomic E-state index is 0.632. The van der Waals surface area contributed by atoms with Crippen LogP contribution in [0.4, 0.5) is 11.4 Å². The van der Waals surface area contributed by atoms with E-state index in [0.717, 1.165) is 17.1 Å². The Labute approximate surface area is 120 Å². The summed E-state index contributed by atoms with van der Waals surface area (Å²) in [4.78, 5) is 2.01. The number of benzene rings is 2. The lowest BCUT2D eigenvalue weighted by molar-refractivity contribution is 0.415. The minimum Gasteiger partial charge on any atom is -0.497 e. The fourth-order valence-electron chi connectivity index (χ4n) is 2.29. The highest BCUT2D eigenvalue weighted by molar-refractivity contribution is 5.71. The second-order valence-electron chi connectivity index (χ2n) is 4.90. The van der Waals surface area contributed by atoms with E-state index in [4.69, 9.17) is 4.74 Å². The highest BCUT2D eigenvalue weighted by Gasteiger charge is 2.11. The van der Waals surface area contributed by atoms with Gasteiger partial charge in [-0.05, 0) is 49.2 Å². The van der Waals surface area contributed by atoms with Gasteiger partial charge in [-0.25, -0.2) is 0 Å². The maximum absolute atomic E-state index is 9.27. The van der Waals surface area contributed by atoms with Crippen LogP contribution in [0.2, 0.25) is 0 Å². The Kier molecular flexibility index (Phi) is 3.95. The average molecular weight is 266 g/mol. The lowest BCUT2D eigenvalue weighted by Gasteiger charge is -2.22. The standard InChI is InChI=1S/C17H18N2O/c1-12-7-13(2)9-15(8-12)19(3)17-10-16(20-4)6-5-14(17)11-18/h5-10H,1-4H3. The van der Waals surface area contributed by atoms with Crippen LogP contribution in [0.5, 0.6) is 5.75 Å². The van der Waals surface area contributed by atoms with Crippen LogP contribution < -0.4 is 9.64 Å².